The number of amides is 1. The first-order valence-corrected chi connectivity index (χ1v) is 12.2. The van der Waals surface area contributed by atoms with E-state index in [-0.39, 0.29) is 6.61 Å². The predicted octanol–water partition coefficient (Wildman–Crippen LogP) is 7.00. The van der Waals surface area contributed by atoms with Gasteiger partial charge in [0, 0.05) is 10.6 Å². The minimum absolute atomic E-state index is 0.0689. The molecule has 176 valence electrons. The molecule has 0 aliphatic heterocycles. The summed E-state index contributed by atoms with van der Waals surface area (Å²) in [6.45, 7) is 0.0689. The van der Waals surface area contributed by atoms with Crippen LogP contribution in [0.2, 0.25) is 5.02 Å². The summed E-state index contributed by atoms with van der Waals surface area (Å²) in [6, 6.07) is 22.9. The van der Waals surface area contributed by atoms with Crippen molar-refractivity contribution in [3.8, 4) is 21.6 Å². The van der Waals surface area contributed by atoms with Gasteiger partial charge in [-0.2, -0.15) is 4.37 Å². The molecular weight excluding hydrogens is 484 g/mol. The van der Waals surface area contributed by atoms with Crippen molar-refractivity contribution in [2.24, 2.45) is 0 Å². The van der Waals surface area contributed by atoms with Crippen LogP contribution in [-0.2, 0) is 21.6 Å². The lowest BCUT2D eigenvalue weighted by Crippen LogP contribution is -2.19. The van der Waals surface area contributed by atoms with Crippen molar-refractivity contribution in [1.29, 1.82) is 0 Å². The molecule has 35 heavy (non-hydrogen) atoms. The maximum atomic E-state index is 12.3. The number of nitrogens with zero attached hydrogens (tertiary/aromatic N) is 1. The zero-order valence-corrected chi connectivity index (χ0v) is 20.1. The molecule has 0 spiro atoms. The molecule has 1 heterocycles. The summed E-state index contributed by atoms with van der Waals surface area (Å²) >= 11 is 7.39. The van der Waals surface area contributed by atoms with Crippen molar-refractivity contribution in [1.82, 2.24) is 4.37 Å². The van der Waals surface area contributed by atoms with Gasteiger partial charge < -0.3 is 9.84 Å². The second kappa shape index (κ2) is 9.52. The second-order valence-electron chi connectivity index (χ2n) is 8.40. The van der Waals surface area contributed by atoms with E-state index in [1.54, 1.807) is 18.3 Å². The lowest BCUT2D eigenvalue weighted by Gasteiger charge is -2.11. The third-order valence-electron chi connectivity index (χ3n) is 6.20. The Morgan fingerprint density at radius 3 is 2.23 bits per heavy atom. The summed E-state index contributed by atoms with van der Waals surface area (Å²) in [4.78, 5) is 24.7. The van der Waals surface area contributed by atoms with Gasteiger partial charge in [-0.1, -0.05) is 78.3 Å². The molecule has 2 N–H and O–H groups in total. The number of carbonyl (C=O) groups is 2. The minimum atomic E-state index is -0.753. The number of benzene rings is 3. The van der Waals surface area contributed by atoms with Gasteiger partial charge in [-0.05, 0) is 52.7 Å². The molecule has 3 aromatic carbocycles. The molecule has 1 amide bonds. The first-order chi connectivity index (χ1) is 17.0. The zero-order valence-electron chi connectivity index (χ0n) is 18.5. The molecule has 0 saturated heterocycles. The van der Waals surface area contributed by atoms with Crippen molar-refractivity contribution >= 4 is 40.9 Å². The van der Waals surface area contributed by atoms with Gasteiger partial charge in [0.15, 0.2) is 0 Å². The fraction of sp³-hybridized carbons (Fsp3) is 0.148. The number of aromatic nitrogens is 1. The fourth-order valence-corrected chi connectivity index (χ4v) is 4.89. The molecule has 4 aromatic rings. The number of carbonyl (C=O) groups excluding carboxylic acids is 1. The van der Waals surface area contributed by atoms with E-state index in [1.165, 1.54) is 11.5 Å². The standard InChI is InChI=1S/C27H21ClN2O4S/c28-22-4-2-1-3-20(22)16-34-26(33)30-23-15-29-35-24(23)19-7-5-17(6-8-19)18-9-11-21(12-10-18)27(13-14-27)25(31)32/h1-12,15H,13-14,16H2,(H,30,33)(H,31,32). The summed E-state index contributed by atoms with van der Waals surface area (Å²) in [6.07, 6.45) is 2.39. The Hall–Kier alpha value is -3.68. The number of carboxylic acid groups (broad SMARTS) is 1. The number of anilines is 1. The topological polar surface area (TPSA) is 88.5 Å². The molecule has 0 radical (unpaired) electrons. The molecule has 5 rings (SSSR count). The van der Waals surface area contributed by atoms with Gasteiger partial charge in [-0.25, -0.2) is 4.79 Å². The van der Waals surface area contributed by atoms with Crippen LogP contribution in [0.3, 0.4) is 0 Å². The van der Waals surface area contributed by atoms with Crippen LogP contribution in [0.25, 0.3) is 21.6 Å². The summed E-state index contributed by atoms with van der Waals surface area (Å²) in [5.74, 6) is -0.753. The molecule has 6 nitrogen and oxygen atoms in total. The van der Waals surface area contributed by atoms with Gasteiger partial charge in [0.1, 0.15) is 6.61 Å². The van der Waals surface area contributed by atoms with E-state index in [0.717, 1.165) is 32.7 Å². The lowest BCUT2D eigenvalue weighted by molar-refractivity contribution is -0.140. The smallest absolute Gasteiger partial charge is 0.412 e. The highest BCUT2D eigenvalue weighted by molar-refractivity contribution is 7.10. The maximum Gasteiger partial charge on any atom is 0.412 e. The van der Waals surface area contributed by atoms with E-state index in [2.05, 4.69) is 9.69 Å². The largest absolute Gasteiger partial charge is 0.481 e. The molecule has 1 fully saturated rings. The van der Waals surface area contributed by atoms with Gasteiger partial charge in [0.25, 0.3) is 0 Å². The number of rotatable bonds is 7. The van der Waals surface area contributed by atoms with E-state index >= 15 is 0 Å². The van der Waals surface area contributed by atoms with Crippen LogP contribution in [0.15, 0.2) is 79.0 Å². The van der Waals surface area contributed by atoms with Crippen LogP contribution in [0, 0.1) is 0 Å². The highest BCUT2D eigenvalue weighted by Gasteiger charge is 2.51. The Morgan fingerprint density at radius 1 is 0.971 bits per heavy atom. The Morgan fingerprint density at radius 2 is 1.60 bits per heavy atom. The lowest BCUT2D eigenvalue weighted by atomic mass is 9.93. The van der Waals surface area contributed by atoms with Gasteiger partial charge >= 0.3 is 12.1 Å². The predicted molar refractivity (Wildman–Crippen MR) is 137 cm³/mol. The Kier molecular flexibility index (Phi) is 6.28. The number of hydrogen-bond acceptors (Lipinski definition) is 5. The van der Waals surface area contributed by atoms with Crippen molar-refractivity contribution in [2.45, 2.75) is 24.9 Å². The highest BCUT2D eigenvalue weighted by Crippen LogP contribution is 2.48. The third kappa shape index (κ3) is 4.78. The number of aliphatic carboxylic acids is 1. The Balaban J connectivity index is 1.26. The molecule has 8 heteroatoms. The Labute approximate surface area is 211 Å². The van der Waals surface area contributed by atoms with Gasteiger partial charge in [-0.15, -0.1) is 0 Å². The molecule has 1 aliphatic rings. The number of ether oxygens (including phenoxy) is 1. The Bertz CT molecular complexity index is 1380. The normalized spacial score (nSPS) is 13.7. The molecule has 0 unspecified atom stereocenters. The maximum absolute atomic E-state index is 12.3. The molecule has 1 aromatic heterocycles. The average molecular weight is 505 g/mol. The summed E-state index contributed by atoms with van der Waals surface area (Å²) in [5.41, 5.74) is 4.38. The average Bonchev–Trinajstić information content (AvgIpc) is 3.57. The van der Waals surface area contributed by atoms with E-state index in [1.807, 2.05) is 60.7 Å². The monoisotopic (exact) mass is 504 g/mol. The molecule has 1 saturated carbocycles. The van der Waals surface area contributed by atoms with Crippen LogP contribution < -0.4 is 5.32 Å². The van der Waals surface area contributed by atoms with Crippen molar-refractivity contribution in [3.63, 3.8) is 0 Å². The first-order valence-electron chi connectivity index (χ1n) is 11.0. The quantitative estimate of drug-likeness (QED) is 0.283. The molecule has 0 atom stereocenters. The van der Waals surface area contributed by atoms with Crippen molar-refractivity contribution in [3.05, 3.63) is 95.1 Å². The molecule has 0 bridgehead atoms. The van der Waals surface area contributed by atoms with Crippen LogP contribution >= 0.6 is 23.1 Å². The summed E-state index contributed by atoms with van der Waals surface area (Å²) < 4.78 is 9.53. The minimum Gasteiger partial charge on any atom is -0.481 e. The first kappa shape index (κ1) is 23.1. The van der Waals surface area contributed by atoms with Gasteiger partial charge in [0.05, 0.1) is 22.2 Å². The number of halogens is 1. The molecular formula is C27H21ClN2O4S. The van der Waals surface area contributed by atoms with Crippen LogP contribution in [-0.4, -0.2) is 21.5 Å². The van der Waals surface area contributed by atoms with Crippen LogP contribution in [0.4, 0.5) is 10.5 Å². The number of nitrogens with one attached hydrogen (secondary N) is 1. The summed E-state index contributed by atoms with van der Waals surface area (Å²) in [7, 11) is 0. The zero-order chi connectivity index (χ0) is 24.4. The van der Waals surface area contributed by atoms with Crippen molar-refractivity contribution < 1.29 is 19.4 Å². The van der Waals surface area contributed by atoms with E-state index in [9.17, 15) is 14.7 Å². The second-order valence-corrected chi connectivity index (χ2v) is 9.61. The van der Waals surface area contributed by atoms with Crippen LogP contribution in [0.5, 0.6) is 0 Å². The van der Waals surface area contributed by atoms with E-state index < -0.39 is 17.5 Å². The number of hydrogen-bond donors (Lipinski definition) is 2. The fourth-order valence-electron chi connectivity index (χ4n) is 3.99. The summed E-state index contributed by atoms with van der Waals surface area (Å²) in [5, 5.41) is 12.8. The van der Waals surface area contributed by atoms with Crippen LogP contribution in [0.1, 0.15) is 24.0 Å². The van der Waals surface area contributed by atoms with E-state index in [0.29, 0.717) is 23.6 Å². The van der Waals surface area contributed by atoms with Gasteiger partial charge in [-0.3, -0.25) is 10.1 Å². The third-order valence-corrected chi connectivity index (χ3v) is 7.42. The number of carboxylic acids is 1. The highest BCUT2D eigenvalue weighted by atomic mass is 35.5. The molecule has 1 aliphatic carbocycles. The van der Waals surface area contributed by atoms with Crippen molar-refractivity contribution in [2.75, 3.05) is 5.32 Å². The van der Waals surface area contributed by atoms with E-state index in [4.69, 9.17) is 16.3 Å². The van der Waals surface area contributed by atoms with Gasteiger partial charge in [0.2, 0.25) is 0 Å². The SMILES string of the molecule is O=C(Nc1cnsc1-c1ccc(-c2ccc(C3(C(=O)O)CC3)cc2)cc1)OCc1ccccc1Cl.